The second-order valence-corrected chi connectivity index (χ2v) is 5.75. The van der Waals surface area contributed by atoms with Crippen molar-refractivity contribution in [1.29, 1.82) is 0 Å². The van der Waals surface area contributed by atoms with Crippen molar-refractivity contribution in [2.75, 3.05) is 24.3 Å². The Morgan fingerprint density at radius 3 is 2.57 bits per heavy atom. The number of hydrogen-bond acceptors (Lipinski definition) is 3. The maximum Gasteiger partial charge on any atom is 0.132 e. The zero-order chi connectivity index (χ0) is 16.2. The first kappa shape index (κ1) is 15.2. The normalized spacial score (nSPS) is 10.6. The second kappa shape index (κ2) is 6.57. The zero-order valence-electron chi connectivity index (χ0n) is 13.8. The van der Waals surface area contributed by atoms with Gasteiger partial charge < -0.3 is 14.8 Å². The smallest absolute Gasteiger partial charge is 0.132 e. The van der Waals surface area contributed by atoms with Gasteiger partial charge in [-0.05, 0) is 36.8 Å². The average Bonchev–Trinajstić information content (AvgIpc) is 3.03. The molecule has 4 heteroatoms. The predicted molar refractivity (Wildman–Crippen MR) is 96.4 cm³/mol. The molecule has 0 radical (unpaired) electrons. The molecular weight excluding hydrogens is 284 g/mol. The highest BCUT2D eigenvalue weighted by atomic mass is 15.1. The zero-order valence-corrected chi connectivity index (χ0v) is 13.8. The van der Waals surface area contributed by atoms with Crippen molar-refractivity contribution < 1.29 is 0 Å². The monoisotopic (exact) mass is 306 g/mol. The first-order chi connectivity index (χ1) is 11.2. The van der Waals surface area contributed by atoms with E-state index in [1.165, 1.54) is 11.3 Å². The van der Waals surface area contributed by atoms with Gasteiger partial charge in [0, 0.05) is 43.6 Å². The molecule has 0 aliphatic rings. The summed E-state index contributed by atoms with van der Waals surface area (Å²) >= 11 is 0. The Labute approximate surface area is 137 Å². The second-order valence-electron chi connectivity index (χ2n) is 5.75. The van der Waals surface area contributed by atoms with Crippen LogP contribution in [0.1, 0.15) is 11.4 Å². The molecule has 118 valence electrons. The van der Waals surface area contributed by atoms with E-state index in [-0.39, 0.29) is 0 Å². The Balaban J connectivity index is 1.81. The van der Waals surface area contributed by atoms with Gasteiger partial charge in [0.15, 0.2) is 0 Å². The van der Waals surface area contributed by atoms with Gasteiger partial charge in [0.05, 0.1) is 6.54 Å². The van der Waals surface area contributed by atoms with E-state index in [4.69, 9.17) is 0 Å². The van der Waals surface area contributed by atoms with Gasteiger partial charge in [0.2, 0.25) is 0 Å². The lowest BCUT2D eigenvalue weighted by Gasteiger charge is -2.19. The molecule has 0 saturated carbocycles. The summed E-state index contributed by atoms with van der Waals surface area (Å²) in [5, 5.41) is 3.51. The Kier molecular flexibility index (Phi) is 4.33. The van der Waals surface area contributed by atoms with Crippen LogP contribution in [0.4, 0.5) is 11.4 Å². The summed E-state index contributed by atoms with van der Waals surface area (Å²) < 4.78 is 2.11. The van der Waals surface area contributed by atoms with Gasteiger partial charge in [0.25, 0.3) is 0 Å². The van der Waals surface area contributed by atoms with E-state index < -0.39 is 0 Å². The molecule has 23 heavy (non-hydrogen) atoms. The highest BCUT2D eigenvalue weighted by Gasteiger charge is 2.08. The number of nitrogens with zero attached hydrogens (tertiary/aromatic N) is 3. The van der Waals surface area contributed by atoms with Crippen LogP contribution in [0, 0.1) is 6.92 Å². The third kappa shape index (κ3) is 3.21. The van der Waals surface area contributed by atoms with E-state index >= 15 is 0 Å². The van der Waals surface area contributed by atoms with Crippen LogP contribution < -0.4 is 10.2 Å². The Morgan fingerprint density at radius 2 is 1.83 bits per heavy atom. The summed E-state index contributed by atoms with van der Waals surface area (Å²) in [5.41, 5.74) is 4.73. The van der Waals surface area contributed by atoms with Crippen molar-refractivity contribution >= 4 is 11.4 Å². The molecule has 0 atom stereocenters. The molecule has 1 heterocycles. The number of rotatable bonds is 5. The van der Waals surface area contributed by atoms with E-state index in [1.807, 2.05) is 30.6 Å². The summed E-state index contributed by atoms with van der Waals surface area (Å²) in [6.07, 6.45) is 3.84. The lowest BCUT2D eigenvalue weighted by Crippen LogP contribution is -2.12. The van der Waals surface area contributed by atoms with Gasteiger partial charge in [-0.2, -0.15) is 0 Å². The average molecular weight is 306 g/mol. The number of imidazole rings is 1. The summed E-state index contributed by atoms with van der Waals surface area (Å²) in [4.78, 5) is 6.62. The Bertz CT molecular complexity index is 775. The van der Waals surface area contributed by atoms with Crippen LogP contribution in [0.15, 0.2) is 60.9 Å². The number of anilines is 2. The molecule has 0 spiro atoms. The molecular formula is C19H22N4. The first-order valence-electron chi connectivity index (χ1n) is 7.75. The molecule has 0 aliphatic heterocycles. The number of para-hydroxylation sites is 1. The van der Waals surface area contributed by atoms with Crippen LogP contribution in [-0.2, 0) is 6.54 Å². The van der Waals surface area contributed by atoms with Gasteiger partial charge >= 0.3 is 0 Å². The molecule has 4 nitrogen and oxygen atoms in total. The van der Waals surface area contributed by atoms with E-state index in [2.05, 4.69) is 71.1 Å². The van der Waals surface area contributed by atoms with E-state index in [0.717, 1.165) is 17.2 Å². The lowest BCUT2D eigenvalue weighted by molar-refractivity contribution is 0.897. The largest absolute Gasteiger partial charge is 0.378 e. The predicted octanol–water partition coefficient (Wildman–Crippen LogP) is 3.86. The lowest BCUT2D eigenvalue weighted by atomic mass is 10.1. The molecule has 0 amide bonds. The highest BCUT2D eigenvalue weighted by Crippen LogP contribution is 2.25. The fourth-order valence-electron chi connectivity index (χ4n) is 2.76. The minimum Gasteiger partial charge on any atom is -0.378 e. The van der Waals surface area contributed by atoms with Crippen LogP contribution >= 0.6 is 0 Å². The van der Waals surface area contributed by atoms with Crippen molar-refractivity contribution in [3.63, 3.8) is 0 Å². The number of nitrogens with one attached hydrogen (secondary N) is 1. The van der Waals surface area contributed by atoms with Gasteiger partial charge in [-0.15, -0.1) is 0 Å². The molecule has 3 aromatic rings. The molecule has 2 aromatic carbocycles. The van der Waals surface area contributed by atoms with Crippen LogP contribution in [0.25, 0.3) is 5.69 Å². The van der Waals surface area contributed by atoms with Gasteiger partial charge in [0.1, 0.15) is 5.82 Å². The molecule has 0 aliphatic carbocycles. The topological polar surface area (TPSA) is 33.1 Å². The van der Waals surface area contributed by atoms with Crippen molar-refractivity contribution in [2.24, 2.45) is 0 Å². The number of aromatic nitrogens is 2. The van der Waals surface area contributed by atoms with E-state index in [0.29, 0.717) is 6.54 Å². The van der Waals surface area contributed by atoms with E-state index in [9.17, 15) is 0 Å². The third-order valence-electron chi connectivity index (χ3n) is 3.98. The van der Waals surface area contributed by atoms with Gasteiger partial charge in [-0.3, -0.25) is 0 Å². The van der Waals surface area contributed by atoms with Gasteiger partial charge in [-0.25, -0.2) is 4.98 Å². The molecule has 1 N–H and O–H groups in total. The minimum absolute atomic E-state index is 0.680. The molecule has 0 saturated heterocycles. The first-order valence-corrected chi connectivity index (χ1v) is 7.75. The van der Waals surface area contributed by atoms with Crippen LogP contribution in [0.3, 0.4) is 0 Å². The van der Waals surface area contributed by atoms with Crippen molar-refractivity contribution in [3.8, 4) is 5.69 Å². The molecule has 0 fully saturated rings. The van der Waals surface area contributed by atoms with Crippen LogP contribution in [0.2, 0.25) is 0 Å². The molecule has 3 rings (SSSR count). The van der Waals surface area contributed by atoms with Crippen LogP contribution in [0.5, 0.6) is 0 Å². The maximum absolute atomic E-state index is 4.48. The minimum atomic E-state index is 0.680. The molecule has 1 aromatic heterocycles. The van der Waals surface area contributed by atoms with Crippen molar-refractivity contribution in [1.82, 2.24) is 9.55 Å². The quantitative estimate of drug-likeness (QED) is 0.777. The van der Waals surface area contributed by atoms with E-state index in [1.54, 1.807) is 0 Å². The Hall–Kier alpha value is -2.75. The summed E-state index contributed by atoms with van der Waals surface area (Å²) in [6, 6.07) is 16.6. The fourth-order valence-corrected chi connectivity index (χ4v) is 2.76. The third-order valence-corrected chi connectivity index (χ3v) is 3.98. The van der Waals surface area contributed by atoms with Crippen molar-refractivity contribution in [2.45, 2.75) is 13.5 Å². The number of benzene rings is 2. The standard InChI is InChI=1S/C19H22N4/c1-15-17(10-7-11-18(15)22(2)3)21-14-19-20-12-13-23(19)16-8-5-4-6-9-16/h4-13,21H,14H2,1-3H3. The van der Waals surface area contributed by atoms with Crippen LogP contribution in [-0.4, -0.2) is 23.6 Å². The maximum atomic E-state index is 4.48. The van der Waals surface area contributed by atoms with Gasteiger partial charge in [-0.1, -0.05) is 24.3 Å². The fraction of sp³-hybridized carbons (Fsp3) is 0.211. The summed E-state index contributed by atoms with van der Waals surface area (Å²) in [5.74, 6) is 0.992. The molecule has 0 bridgehead atoms. The summed E-state index contributed by atoms with van der Waals surface area (Å²) in [6.45, 7) is 2.82. The SMILES string of the molecule is Cc1c(NCc2nccn2-c2ccccc2)cccc1N(C)C. The van der Waals surface area contributed by atoms with Crippen molar-refractivity contribution in [3.05, 3.63) is 72.3 Å². The highest BCUT2D eigenvalue weighted by molar-refractivity contribution is 5.65. The Morgan fingerprint density at radius 1 is 1.04 bits per heavy atom. The molecule has 0 unspecified atom stereocenters. The summed E-state index contributed by atoms with van der Waals surface area (Å²) in [7, 11) is 4.13. The number of hydrogen-bond donors (Lipinski definition) is 1.